The third kappa shape index (κ3) is 4.99. The predicted octanol–water partition coefficient (Wildman–Crippen LogP) is 5.61. The van der Waals surface area contributed by atoms with E-state index in [0.29, 0.717) is 32.5 Å². The molecule has 4 N–H and O–H groups in total. The summed E-state index contributed by atoms with van der Waals surface area (Å²) in [5.74, 6) is 1.17. The van der Waals surface area contributed by atoms with Crippen LogP contribution in [-0.4, -0.2) is 29.0 Å². The van der Waals surface area contributed by atoms with Gasteiger partial charge in [-0.2, -0.15) is 27.0 Å². The number of para-hydroxylation sites is 1. The van der Waals surface area contributed by atoms with Crippen molar-refractivity contribution in [3.63, 3.8) is 0 Å². The standard InChI is InChI=1S/C26H23N5O3S.2H2S/c27-18-7-4-8-19(18)29-24(32)23-22-21-20(13-14-28-25(21)35-23)31(26(33)30-22)15-9-11-17(12-10-15)34-16-5-2-1-3-6-16;;/h1-3,5-6,9-14,18-19H,4,7-8,27H2,(H,29,32)(H,30,33);2*1H2/t18-,19-;;/m0../s1. The molecule has 0 unspecified atom stereocenters. The van der Waals surface area contributed by atoms with Crippen LogP contribution in [0.4, 0.5) is 21.9 Å². The Morgan fingerprint density at radius 2 is 1.78 bits per heavy atom. The molecule has 3 heterocycles. The lowest BCUT2D eigenvalue weighted by Gasteiger charge is -2.28. The molecular formula is C26H27N5O3S3. The number of urea groups is 1. The van der Waals surface area contributed by atoms with Gasteiger partial charge in [-0.1, -0.05) is 18.2 Å². The largest absolute Gasteiger partial charge is 0.457 e. The molecule has 2 aromatic heterocycles. The van der Waals surface area contributed by atoms with Crippen LogP contribution < -0.4 is 26.0 Å². The Morgan fingerprint density at radius 3 is 2.49 bits per heavy atom. The second-order valence-corrected chi connectivity index (χ2v) is 9.66. The number of nitrogens with one attached hydrogen (secondary N) is 2. The number of anilines is 3. The average molecular weight is 554 g/mol. The maximum absolute atomic E-state index is 13.3. The van der Waals surface area contributed by atoms with Crippen LogP contribution >= 0.6 is 38.3 Å². The third-order valence-electron chi connectivity index (χ3n) is 6.41. The van der Waals surface area contributed by atoms with Gasteiger partial charge in [0.1, 0.15) is 21.2 Å². The fraction of sp³-hybridized carbons (Fsp3) is 0.192. The van der Waals surface area contributed by atoms with Crippen molar-refractivity contribution in [1.82, 2.24) is 10.3 Å². The summed E-state index contributed by atoms with van der Waals surface area (Å²) in [6.07, 6.45) is 4.42. The zero-order chi connectivity index (χ0) is 23.9. The number of nitrogens with zero attached hydrogens (tertiary/aromatic N) is 2. The van der Waals surface area contributed by atoms with Crippen LogP contribution in [0.15, 0.2) is 66.9 Å². The molecule has 192 valence electrons. The quantitative estimate of drug-likeness (QED) is 0.298. The fourth-order valence-corrected chi connectivity index (χ4v) is 5.71. The van der Waals surface area contributed by atoms with Crippen molar-refractivity contribution < 1.29 is 14.3 Å². The van der Waals surface area contributed by atoms with E-state index >= 15 is 0 Å². The molecule has 2 aromatic carbocycles. The van der Waals surface area contributed by atoms with E-state index in [1.165, 1.54) is 11.3 Å². The number of benzene rings is 2. The smallest absolute Gasteiger partial charge is 0.331 e. The first kappa shape index (κ1) is 26.8. The normalized spacial score (nSPS) is 18.0. The van der Waals surface area contributed by atoms with Crippen LogP contribution in [0.3, 0.4) is 0 Å². The zero-order valence-electron chi connectivity index (χ0n) is 19.7. The van der Waals surface area contributed by atoms with Gasteiger partial charge in [-0.05, 0) is 61.7 Å². The lowest BCUT2D eigenvalue weighted by atomic mass is 10.1. The molecule has 1 fully saturated rings. The lowest BCUT2D eigenvalue weighted by molar-refractivity contribution is 0.0939. The second-order valence-electron chi connectivity index (χ2n) is 8.67. The predicted molar refractivity (Wildman–Crippen MR) is 158 cm³/mol. The fourth-order valence-electron chi connectivity index (χ4n) is 4.69. The molecule has 0 radical (unpaired) electrons. The number of hydrogen-bond acceptors (Lipinski definition) is 6. The summed E-state index contributed by atoms with van der Waals surface area (Å²) in [7, 11) is 0. The van der Waals surface area contributed by atoms with Gasteiger partial charge in [0, 0.05) is 18.3 Å². The first-order valence-electron chi connectivity index (χ1n) is 11.5. The Balaban J connectivity index is 0.00000160. The summed E-state index contributed by atoms with van der Waals surface area (Å²) in [6.45, 7) is 0. The van der Waals surface area contributed by atoms with Crippen molar-refractivity contribution in [2.24, 2.45) is 5.73 Å². The number of pyridine rings is 1. The number of carbonyl (C=O) groups is 2. The van der Waals surface area contributed by atoms with Crippen molar-refractivity contribution in [3.05, 3.63) is 71.7 Å². The van der Waals surface area contributed by atoms with E-state index in [1.54, 1.807) is 17.2 Å². The summed E-state index contributed by atoms with van der Waals surface area (Å²) >= 11 is 1.27. The summed E-state index contributed by atoms with van der Waals surface area (Å²) in [5, 5.41) is 6.73. The first-order valence-corrected chi connectivity index (χ1v) is 12.3. The molecule has 2 atom stereocenters. The molecule has 0 bridgehead atoms. The van der Waals surface area contributed by atoms with Gasteiger partial charge in [-0.15, -0.1) is 11.3 Å². The van der Waals surface area contributed by atoms with Crippen LogP contribution in [0, 0.1) is 0 Å². The Kier molecular flexibility index (Phi) is 7.98. The number of amides is 3. The van der Waals surface area contributed by atoms with Crippen LogP contribution in [0.1, 0.15) is 28.9 Å². The summed E-state index contributed by atoms with van der Waals surface area (Å²) in [4.78, 5) is 33.6. The van der Waals surface area contributed by atoms with E-state index in [-0.39, 0.29) is 51.0 Å². The Morgan fingerprint density at radius 1 is 1.05 bits per heavy atom. The number of nitrogens with two attached hydrogens (primary N) is 1. The molecule has 1 aliphatic heterocycles. The van der Waals surface area contributed by atoms with Crippen molar-refractivity contribution in [1.29, 1.82) is 0 Å². The molecule has 3 amide bonds. The molecule has 0 spiro atoms. The van der Waals surface area contributed by atoms with Crippen molar-refractivity contribution >= 4 is 77.5 Å². The first-order chi connectivity index (χ1) is 17.1. The minimum Gasteiger partial charge on any atom is -0.457 e. The molecule has 6 rings (SSSR count). The SMILES string of the molecule is N[C@H]1CCC[C@@H]1NC(=O)c1sc2nccc3c2c1NC(=O)N3c1ccc(Oc2ccccc2)cc1.S.S. The van der Waals surface area contributed by atoms with Gasteiger partial charge in [0.2, 0.25) is 0 Å². The highest BCUT2D eigenvalue weighted by Crippen LogP contribution is 2.46. The summed E-state index contributed by atoms with van der Waals surface area (Å²) in [5.41, 5.74) is 7.99. The van der Waals surface area contributed by atoms with E-state index in [1.807, 2.05) is 54.6 Å². The van der Waals surface area contributed by atoms with E-state index < -0.39 is 0 Å². The molecule has 0 saturated heterocycles. The highest BCUT2D eigenvalue weighted by atomic mass is 32.1. The van der Waals surface area contributed by atoms with E-state index in [9.17, 15) is 9.59 Å². The minimum absolute atomic E-state index is 0. The second kappa shape index (κ2) is 11.0. The van der Waals surface area contributed by atoms with E-state index in [4.69, 9.17) is 10.5 Å². The van der Waals surface area contributed by atoms with Gasteiger partial charge in [0.25, 0.3) is 5.91 Å². The van der Waals surface area contributed by atoms with E-state index in [2.05, 4.69) is 15.6 Å². The monoisotopic (exact) mass is 553 g/mol. The van der Waals surface area contributed by atoms with Crippen molar-refractivity contribution in [2.45, 2.75) is 31.3 Å². The number of ether oxygens (including phenoxy) is 1. The topological polar surface area (TPSA) is 110 Å². The van der Waals surface area contributed by atoms with Gasteiger partial charge in [-0.25, -0.2) is 9.78 Å². The minimum atomic E-state index is -0.341. The van der Waals surface area contributed by atoms with Gasteiger partial charge in [-0.3, -0.25) is 9.69 Å². The number of rotatable bonds is 5. The van der Waals surface area contributed by atoms with Crippen LogP contribution in [0.2, 0.25) is 0 Å². The highest BCUT2D eigenvalue weighted by molar-refractivity contribution is 7.59. The molecule has 1 saturated carbocycles. The van der Waals surface area contributed by atoms with Crippen molar-refractivity contribution in [3.8, 4) is 11.5 Å². The Labute approximate surface area is 232 Å². The Bertz CT molecular complexity index is 1430. The maximum Gasteiger partial charge on any atom is 0.331 e. The summed E-state index contributed by atoms with van der Waals surface area (Å²) < 4.78 is 5.87. The van der Waals surface area contributed by atoms with Gasteiger partial charge in [0.05, 0.1) is 22.4 Å². The molecule has 1 aliphatic carbocycles. The number of hydrogen-bond donors (Lipinski definition) is 3. The molecule has 4 aromatic rings. The Hall–Kier alpha value is -3.25. The van der Waals surface area contributed by atoms with Gasteiger partial charge < -0.3 is 21.1 Å². The molecular weight excluding hydrogens is 527 g/mol. The van der Waals surface area contributed by atoms with E-state index in [0.717, 1.165) is 30.4 Å². The van der Waals surface area contributed by atoms with Crippen LogP contribution in [0.25, 0.3) is 10.2 Å². The lowest BCUT2D eigenvalue weighted by Crippen LogP contribution is -2.44. The van der Waals surface area contributed by atoms with Gasteiger partial charge in [0.15, 0.2) is 0 Å². The van der Waals surface area contributed by atoms with Crippen molar-refractivity contribution in [2.75, 3.05) is 10.2 Å². The zero-order valence-corrected chi connectivity index (χ0v) is 22.5. The van der Waals surface area contributed by atoms with Gasteiger partial charge >= 0.3 is 6.03 Å². The molecule has 37 heavy (non-hydrogen) atoms. The number of carbonyl (C=O) groups excluding carboxylic acids is 2. The van der Waals surface area contributed by atoms with Crippen LogP contribution in [0.5, 0.6) is 11.5 Å². The van der Waals surface area contributed by atoms with Crippen LogP contribution in [-0.2, 0) is 0 Å². The molecule has 8 nitrogen and oxygen atoms in total. The third-order valence-corrected chi connectivity index (χ3v) is 7.51. The highest BCUT2D eigenvalue weighted by Gasteiger charge is 2.34. The maximum atomic E-state index is 13.3. The number of thiophene rings is 1. The molecule has 2 aliphatic rings. The average Bonchev–Trinajstić information content (AvgIpc) is 3.44. The number of aromatic nitrogens is 1. The summed E-state index contributed by atoms with van der Waals surface area (Å²) in [6, 6.07) is 18.2. The molecule has 11 heteroatoms.